The summed E-state index contributed by atoms with van der Waals surface area (Å²) in [5.74, 6) is -0.162. The summed E-state index contributed by atoms with van der Waals surface area (Å²) in [4.78, 5) is 15.7. The number of nitrogens with zero attached hydrogens (tertiary/aromatic N) is 1. The van der Waals surface area contributed by atoms with Crippen LogP contribution in [0.4, 0.5) is 0 Å². The molecule has 0 aliphatic carbocycles. The van der Waals surface area contributed by atoms with Gasteiger partial charge in [-0.2, -0.15) is 0 Å². The van der Waals surface area contributed by atoms with E-state index in [0.29, 0.717) is 5.69 Å². The van der Waals surface area contributed by atoms with Gasteiger partial charge in [-0.1, -0.05) is 29.8 Å². The van der Waals surface area contributed by atoms with Gasteiger partial charge in [0, 0.05) is 6.20 Å². The lowest BCUT2D eigenvalue weighted by Gasteiger charge is -1.98. The molecule has 0 aliphatic heterocycles. The van der Waals surface area contributed by atoms with E-state index in [1.54, 1.807) is 42.6 Å². The highest BCUT2D eigenvalue weighted by molar-refractivity contribution is 6.32. The van der Waals surface area contributed by atoms with E-state index in [4.69, 9.17) is 11.6 Å². The van der Waals surface area contributed by atoms with Crippen molar-refractivity contribution >= 4 is 23.5 Å². The predicted octanol–water partition coefficient (Wildman–Crippen LogP) is 3.34. The average molecular weight is 260 g/mol. The minimum atomic E-state index is -0.181. The fourth-order valence-electron chi connectivity index (χ4n) is 1.39. The average Bonchev–Trinajstić information content (AvgIpc) is 2.41. The number of pyridine rings is 1. The van der Waals surface area contributed by atoms with E-state index in [2.05, 4.69) is 4.98 Å². The summed E-state index contributed by atoms with van der Waals surface area (Å²) in [5.41, 5.74) is 1.13. The minimum absolute atomic E-state index is 0.0184. The molecule has 0 atom stereocenters. The number of carbonyl (C=O) groups is 1. The molecule has 0 radical (unpaired) electrons. The van der Waals surface area contributed by atoms with Crippen LogP contribution in [0.5, 0.6) is 5.75 Å². The molecule has 3 nitrogen and oxygen atoms in total. The van der Waals surface area contributed by atoms with Crippen LogP contribution in [0.15, 0.2) is 48.7 Å². The van der Waals surface area contributed by atoms with E-state index >= 15 is 0 Å². The van der Waals surface area contributed by atoms with Gasteiger partial charge in [0.15, 0.2) is 0 Å². The van der Waals surface area contributed by atoms with E-state index in [9.17, 15) is 9.90 Å². The first-order valence-corrected chi connectivity index (χ1v) is 5.66. The zero-order chi connectivity index (χ0) is 13.0. The fraction of sp³-hybridized carbons (Fsp3) is 0. The topological polar surface area (TPSA) is 50.2 Å². The molecule has 1 heterocycles. The van der Waals surface area contributed by atoms with Crippen LogP contribution in [0, 0.1) is 0 Å². The molecule has 0 amide bonds. The summed E-state index contributed by atoms with van der Waals surface area (Å²) >= 11 is 5.76. The molecular weight excluding hydrogens is 250 g/mol. The van der Waals surface area contributed by atoms with Crippen LogP contribution in [0.3, 0.4) is 0 Å². The maximum Gasteiger partial charge on any atom is 0.204 e. The molecule has 0 fully saturated rings. The highest BCUT2D eigenvalue weighted by Gasteiger charge is 2.02. The number of rotatable bonds is 3. The zero-order valence-corrected chi connectivity index (χ0v) is 10.1. The number of hydrogen-bond acceptors (Lipinski definition) is 3. The van der Waals surface area contributed by atoms with Crippen molar-refractivity contribution in [1.29, 1.82) is 0 Å². The van der Waals surface area contributed by atoms with Gasteiger partial charge < -0.3 is 5.11 Å². The number of aromatic nitrogens is 1. The molecule has 0 saturated carbocycles. The number of phenolic OH excluding ortho intramolecular Hbond substituents is 1. The van der Waals surface area contributed by atoms with E-state index in [-0.39, 0.29) is 16.6 Å². The van der Waals surface area contributed by atoms with Crippen molar-refractivity contribution in [2.24, 2.45) is 0 Å². The quantitative estimate of drug-likeness (QED) is 0.679. The van der Waals surface area contributed by atoms with Gasteiger partial charge in [0.1, 0.15) is 11.4 Å². The van der Waals surface area contributed by atoms with E-state index in [0.717, 1.165) is 5.56 Å². The molecule has 1 aromatic carbocycles. The number of allylic oxidation sites excluding steroid dienone is 1. The fourth-order valence-corrected chi connectivity index (χ4v) is 1.58. The molecule has 4 heteroatoms. The Morgan fingerprint density at radius 2 is 2.11 bits per heavy atom. The number of benzene rings is 1. The summed E-state index contributed by atoms with van der Waals surface area (Å²) in [5, 5.41) is 9.52. The Bertz CT molecular complexity index is 594. The van der Waals surface area contributed by atoms with Crippen molar-refractivity contribution in [1.82, 2.24) is 4.98 Å². The highest BCUT2D eigenvalue weighted by Crippen LogP contribution is 2.24. The van der Waals surface area contributed by atoms with Crippen molar-refractivity contribution in [3.63, 3.8) is 0 Å². The van der Waals surface area contributed by atoms with Crippen molar-refractivity contribution in [3.05, 3.63) is 65.0 Å². The molecule has 18 heavy (non-hydrogen) atoms. The molecule has 2 rings (SSSR count). The van der Waals surface area contributed by atoms with Gasteiger partial charge in [-0.05, 0) is 35.9 Å². The third-order valence-electron chi connectivity index (χ3n) is 2.32. The van der Waals surface area contributed by atoms with Gasteiger partial charge in [0.25, 0.3) is 0 Å². The summed E-state index contributed by atoms with van der Waals surface area (Å²) < 4.78 is 0. The third kappa shape index (κ3) is 2.96. The molecular formula is C14H10ClNO2. The van der Waals surface area contributed by atoms with Gasteiger partial charge in [0.2, 0.25) is 5.78 Å². The first-order valence-electron chi connectivity index (χ1n) is 5.29. The van der Waals surface area contributed by atoms with Gasteiger partial charge >= 0.3 is 0 Å². The van der Waals surface area contributed by atoms with E-state index in [1.165, 1.54) is 12.1 Å². The van der Waals surface area contributed by atoms with Crippen LogP contribution >= 0.6 is 11.6 Å². The molecule has 0 unspecified atom stereocenters. The summed E-state index contributed by atoms with van der Waals surface area (Å²) in [6.07, 6.45) is 4.62. The number of phenols is 1. The second kappa shape index (κ2) is 5.47. The van der Waals surface area contributed by atoms with E-state index in [1.807, 2.05) is 0 Å². The lowest BCUT2D eigenvalue weighted by Crippen LogP contribution is -1.96. The predicted molar refractivity (Wildman–Crippen MR) is 70.7 cm³/mol. The maximum atomic E-state index is 11.7. The van der Waals surface area contributed by atoms with Crippen LogP contribution in [0.1, 0.15) is 16.1 Å². The standard InChI is InChI=1S/C14H10ClNO2/c15-11-9-10(4-6-13(11)17)5-7-14(18)12-3-1-2-8-16-12/h1-9,17H/b7-5+. The van der Waals surface area contributed by atoms with Crippen LogP contribution in [-0.4, -0.2) is 15.9 Å². The lowest BCUT2D eigenvalue weighted by atomic mass is 10.1. The molecule has 1 aromatic heterocycles. The van der Waals surface area contributed by atoms with Crippen LogP contribution < -0.4 is 0 Å². The SMILES string of the molecule is O=C(/C=C/c1ccc(O)c(Cl)c1)c1ccccn1. The second-order valence-electron chi connectivity index (χ2n) is 3.62. The maximum absolute atomic E-state index is 11.7. The Balaban J connectivity index is 2.16. The van der Waals surface area contributed by atoms with Gasteiger partial charge in [-0.15, -0.1) is 0 Å². The molecule has 0 aliphatic rings. The minimum Gasteiger partial charge on any atom is -0.506 e. The van der Waals surface area contributed by atoms with Crippen LogP contribution in [-0.2, 0) is 0 Å². The van der Waals surface area contributed by atoms with Crippen LogP contribution in [0.2, 0.25) is 5.02 Å². The highest BCUT2D eigenvalue weighted by atomic mass is 35.5. The Morgan fingerprint density at radius 3 is 2.78 bits per heavy atom. The number of ketones is 1. The molecule has 0 spiro atoms. The number of hydrogen-bond donors (Lipinski definition) is 1. The molecule has 90 valence electrons. The van der Waals surface area contributed by atoms with Gasteiger partial charge in [-0.3, -0.25) is 9.78 Å². The molecule has 1 N–H and O–H groups in total. The number of carbonyl (C=O) groups excluding carboxylic acids is 1. The summed E-state index contributed by atoms with van der Waals surface area (Å²) in [6.45, 7) is 0. The van der Waals surface area contributed by atoms with Crippen molar-refractivity contribution in [2.45, 2.75) is 0 Å². The lowest BCUT2D eigenvalue weighted by molar-refractivity contribution is 0.104. The summed E-state index contributed by atoms with van der Waals surface area (Å²) in [6, 6.07) is 9.89. The molecule has 2 aromatic rings. The van der Waals surface area contributed by atoms with Crippen LogP contribution in [0.25, 0.3) is 6.08 Å². The third-order valence-corrected chi connectivity index (χ3v) is 2.62. The van der Waals surface area contributed by atoms with Crippen molar-refractivity contribution in [2.75, 3.05) is 0 Å². The summed E-state index contributed by atoms with van der Waals surface area (Å²) in [7, 11) is 0. The van der Waals surface area contributed by atoms with Crippen molar-refractivity contribution < 1.29 is 9.90 Å². The zero-order valence-electron chi connectivity index (χ0n) is 9.38. The Kier molecular flexibility index (Phi) is 3.75. The second-order valence-corrected chi connectivity index (χ2v) is 4.03. The number of aromatic hydroxyl groups is 1. The molecule has 0 saturated heterocycles. The molecule has 0 bridgehead atoms. The van der Waals surface area contributed by atoms with E-state index < -0.39 is 0 Å². The Hall–Kier alpha value is -2.13. The largest absolute Gasteiger partial charge is 0.506 e. The number of halogens is 1. The monoisotopic (exact) mass is 259 g/mol. The Labute approximate surface area is 109 Å². The normalized spacial score (nSPS) is 10.7. The van der Waals surface area contributed by atoms with Crippen molar-refractivity contribution in [3.8, 4) is 5.75 Å². The Morgan fingerprint density at radius 1 is 1.28 bits per heavy atom. The smallest absolute Gasteiger partial charge is 0.204 e. The van der Waals surface area contributed by atoms with Gasteiger partial charge in [0.05, 0.1) is 5.02 Å². The first-order chi connectivity index (χ1) is 8.66. The van der Waals surface area contributed by atoms with Gasteiger partial charge in [-0.25, -0.2) is 0 Å². The first kappa shape index (κ1) is 12.3.